The SMILES string of the molecule is NC(=O)C(NC1CCCCCC1)c1cccc(F)c1F. The third kappa shape index (κ3) is 3.54. The van der Waals surface area contributed by atoms with Crippen LogP contribution in [0, 0.1) is 11.6 Å². The first kappa shape index (κ1) is 14.9. The van der Waals surface area contributed by atoms with E-state index in [0.29, 0.717) is 0 Å². The molecule has 1 fully saturated rings. The molecular weight excluding hydrogens is 262 g/mol. The summed E-state index contributed by atoms with van der Waals surface area (Å²) in [6, 6.07) is 2.96. The average molecular weight is 282 g/mol. The summed E-state index contributed by atoms with van der Waals surface area (Å²) in [6.07, 6.45) is 6.37. The van der Waals surface area contributed by atoms with E-state index in [4.69, 9.17) is 5.73 Å². The monoisotopic (exact) mass is 282 g/mol. The predicted molar refractivity (Wildman–Crippen MR) is 72.9 cm³/mol. The molecule has 1 aromatic rings. The molecule has 0 spiro atoms. The molecule has 3 nitrogen and oxygen atoms in total. The highest BCUT2D eigenvalue weighted by Crippen LogP contribution is 2.23. The maximum atomic E-state index is 13.8. The molecule has 0 aliphatic heterocycles. The van der Waals surface area contributed by atoms with Crippen LogP contribution in [0.15, 0.2) is 18.2 Å². The van der Waals surface area contributed by atoms with Gasteiger partial charge in [0.25, 0.3) is 0 Å². The Morgan fingerprint density at radius 2 is 1.85 bits per heavy atom. The molecule has 0 radical (unpaired) electrons. The zero-order valence-electron chi connectivity index (χ0n) is 11.4. The second kappa shape index (κ2) is 6.79. The third-order valence-electron chi connectivity index (χ3n) is 3.83. The van der Waals surface area contributed by atoms with Gasteiger partial charge in [0.15, 0.2) is 11.6 Å². The second-order valence-corrected chi connectivity index (χ2v) is 5.33. The van der Waals surface area contributed by atoms with Crippen LogP contribution in [0.3, 0.4) is 0 Å². The highest BCUT2D eigenvalue weighted by molar-refractivity contribution is 5.81. The van der Waals surface area contributed by atoms with E-state index in [1.807, 2.05) is 0 Å². The molecule has 1 unspecified atom stereocenters. The summed E-state index contributed by atoms with van der Waals surface area (Å²) in [7, 11) is 0. The van der Waals surface area contributed by atoms with Crippen molar-refractivity contribution in [2.45, 2.75) is 50.6 Å². The van der Waals surface area contributed by atoms with Gasteiger partial charge in [-0.05, 0) is 18.9 Å². The minimum atomic E-state index is -1.00. The zero-order valence-corrected chi connectivity index (χ0v) is 11.4. The molecule has 3 N–H and O–H groups in total. The molecular formula is C15H20F2N2O. The van der Waals surface area contributed by atoms with Crippen LogP contribution >= 0.6 is 0 Å². The smallest absolute Gasteiger partial charge is 0.239 e. The first-order valence-electron chi connectivity index (χ1n) is 7.09. The van der Waals surface area contributed by atoms with E-state index in [9.17, 15) is 13.6 Å². The molecule has 0 bridgehead atoms. The van der Waals surface area contributed by atoms with Crippen LogP contribution in [-0.2, 0) is 4.79 Å². The molecule has 1 aliphatic carbocycles. The quantitative estimate of drug-likeness (QED) is 0.834. The van der Waals surface area contributed by atoms with E-state index in [1.54, 1.807) is 0 Å². The summed E-state index contributed by atoms with van der Waals surface area (Å²) >= 11 is 0. The van der Waals surface area contributed by atoms with Crippen LogP contribution in [0.2, 0.25) is 0 Å². The summed E-state index contributed by atoms with van der Waals surface area (Å²) in [5, 5.41) is 3.10. The van der Waals surface area contributed by atoms with Gasteiger partial charge < -0.3 is 5.73 Å². The van der Waals surface area contributed by atoms with Crippen LogP contribution in [-0.4, -0.2) is 11.9 Å². The lowest BCUT2D eigenvalue weighted by Gasteiger charge is -2.23. The van der Waals surface area contributed by atoms with Gasteiger partial charge in [0.1, 0.15) is 6.04 Å². The predicted octanol–water partition coefficient (Wildman–Crippen LogP) is 2.80. The van der Waals surface area contributed by atoms with Gasteiger partial charge in [-0.3, -0.25) is 10.1 Å². The Hall–Kier alpha value is -1.49. The van der Waals surface area contributed by atoms with Gasteiger partial charge in [-0.1, -0.05) is 37.8 Å². The Labute approximate surface area is 117 Å². The highest BCUT2D eigenvalue weighted by atomic mass is 19.2. The van der Waals surface area contributed by atoms with Crippen molar-refractivity contribution in [3.63, 3.8) is 0 Å². The molecule has 2 rings (SSSR count). The molecule has 0 aromatic heterocycles. The zero-order chi connectivity index (χ0) is 14.5. The number of hydrogen-bond acceptors (Lipinski definition) is 2. The van der Waals surface area contributed by atoms with Crippen molar-refractivity contribution >= 4 is 5.91 Å². The van der Waals surface area contributed by atoms with Gasteiger partial charge in [0, 0.05) is 11.6 Å². The third-order valence-corrected chi connectivity index (χ3v) is 3.83. The van der Waals surface area contributed by atoms with Crippen molar-refractivity contribution < 1.29 is 13.6 Å². The average Bonchev–Trinajstić information content (AvgIpc) is 2.68. The van der Waals surface area contributed by atoms with Crippen molar-refractivity contribution in [2.75, 3.05) is 0 Å². The summed E-state index contributed by atoms with van der Waals surface area (Å²) in [6.45, 7) is 0. The van der Waals surface area contributed by atoms with Crippen LogP contribution in [0.4, 0.5) is 8.78 Å². The molecule has 20 heavy (non-hydrogen) atoms. The van der Waals surface area contributed by atoms with E-state index in [2.05, 4.69) is 5.32 Å². The largest absolute Gasteiger partial charge is 0.368 e. The van der Waals surface area contributed by atoms with Crippen LogP contribution < -0.4 is 11.1 Å². The molecule has 1 saturated carbocycles. The van der Waals surface area contributed by atoms with Gasteiger partial charge in [-0.25, -0.2) is 8.78 Å². The minimum Gasteiger partial charge on any atom is -0.368 e. The number of benzene rings is 1. The normalized spacial score (nSPS) is 18.5. The van der Waals surface area contributed by atoms with E-state index >= 15 is 0 Å². The molecule has 110 valence electrons. The van der Waals surface area contributed by atoms with Crippen molar-refractivity contribution in [1.82, 2.24) is 5.32 Å². The van der Waals surface area contributed by atoms with E-state index < -0.39 is 23.6 Å². The van der Waals surface area contributed by atoms with Crippen molar-refractivity contribution in [2.24, 2.45) is 5.73 Å². The number of rotatable bonds is 4. The van der Waals surface area contributed by atoms with Gasteiger partial charge in [-0.15, -0.1) is 0 Å². The van der Waals surface area contributed by atoms with E-state index in [1.165, 1.54) is 25.0 Å². The summed E-state index contributed by atoms with van der Waals surface area (Å²) in [5.74, 6) is -2.65. The Balaban J connectivity index is 2.18. The Morgan fingerprint density at radius 1 is 1.20 bits per heavy atom. The molecule has 5 heteroatoms. The summed E-state index contributed by atoms with van der Waals surface area (Å²) in [4.78, 5) is 11.6. The minimum absolute atomic E-state index is 0.0123. The lowest BCUT2D eigenvalue weighted by atomic mass is 10.0. The highest BCUT2D eigenvalue weighted by Gasteiger charge is 2.26. The molecule has 0 heterocycles. The lowest BCUT2D eigenvalue weighted by Crippen LogP contribution is -2.40. The van der Waals surface area contributed by atoms with Crippen LogP contribution in [0.25, 0.3) is 0 Å². The Kier molecular flexibility index (Phi) is 5.06. The van der Waals surface area contributed by atoms with Gasteiger partial charge in [0.2, 0.25) is 5.91 Å². The first-order valence-corrected chi connectivity index (χ1v) is 7.09. The number of carbonyl (C=O) groups excluding carboxylic acids is 1. The maximum absolute atomic E-state index is 13.8. The fraction of sp³-hybridized carbons (Fsp3) is 0.533. The standard InChI is InChI=1S/C15H20F2N2O/c16-12-9-5-8-11(13(12)17)14(15(18)20)19-10-6-3-1-2-4-7-10/h5,8-10,14,19H,1-4,6-7H2,(H2,18,20). The van der Waals surface area contributed by atoms with Crippen LogP contribution in [0.1, 0.15) is 50.1 Å². The van der Waals surface area contributed by atoms with Crippen LogP contribution in [0.5, 0.6) is 0 Å². The van der Waals surface area contributed by atoms with Gasteiger partial charge in [0.05, 0.1) is 0 Å². The molecule has 1 aliphatic rings. The maximum Gasteiger partial charge on any atom is 0.239 e. The molecule has 1 amide bonds. The lowest BCUT2D eigenvalue weighted by molar-refractivity contribution is -0.120. The van der Waals surface area contributed by atoms with E-state index in [0.717, 1.165) is 31.7 Å². The number of nitrogens with two attached hydrogens (primary N) is 1. The van der Waals surface area contributed by atoms with Crippen molar-refractivity contribution in [3.05, 3.63) is 35.4 Å². The summed E-state index contributed by atoms with van der Waals surface area (Å²) in [5.41, 5.74) is 5.34. The first-order chi connectivity index (χ1) is 9.59. The number of halogens is 2. The topological polar surface area (TPSA) is 55.1 Å². The number of amides is 1. The molecule has 1 aromatic carbocycles. The van der Waals surface area contributed by atoms with Gasteiger partial charge >= 0.3 is 0 Å². The molecule has 1 atom stereocenters. The molecule has 0 saturated heterocycles. The van der Waals surface area contributed by atoms with Crippen molar-refractivity contribution in [1.29, 1.82) is 0 Å². The summed E-state index contributed by atoms with van der Waals surface area (Å²) < 4.78 is 27.1. The Morgan fingerprint density at radius 3 is 2.45 bits per heavy atom. The fourth-order valence-electron chi connectivity index (χ4n) is 2.75. The number of carbonyl (C=O) groups is 1. The second-order valence-electron chi connectivity index (χ2n) is 5.33. The van der Waals surface area contributed by atoms with Gasteiger partial charge in [-0.2, -0.15) is 0 Å². The number of nitrogens with one attached hydrogen (secondary N) is 1. The van der Waals surface area contributed by atoms with Crippen molar-refractivity contribution in [3.8, 4) is 0 Å². The fourth-order valence-corrected chi connectivity index (χ4v) is 2.75. The van der Waals surface area contributed by atoms with E-state index in [-0.39, 0.29) is 11.6 Å². The number of hydrogen-bond donors (Lipinski definition) is 2. The Bertz CT molecular complexity index is 471. The number of primary amides is 1.